The lowest BCUT2D eigenvalue weighted by atomic mass is 9.93. The van der Waals surface area contributed by atoms with Crippen molar-refractivity contribution in [1.82, 2.24) is 9.88 Å². The zero-order chi connectivity index (χ0) is 13.3. The number of hydrogen-bond acceptors (Lipinski definition) is 4. The van der Waals surface area contributed by atoms with Crippen molar-refractivity contribution in [2.24, 2.45) is 0 Å². The number of rotatable bonds is 1. The van der Waals surface area contributed by atoms with Crippen molar-refractivity contribution >= 4 is 23.3 Å². The van der Waals surface area contributed by atoms with Crippen LogP contribution in [0.3, 0.4) is 0 Å². The second kappa shape index (κ2) is 4.74. The Kier molecular flexibility index (Phi) is 3.45. The second-order valence-corrected chi connectivity index (χ2v) is 5.29. The standard InChI is InChI=1S/C12H16ClN3O2/c1-12(18)2-4-16(5-3-12)11(17)8-6-10(14)15-7-9(8)13/h6-7,18H,2-5H2,1H3,(H2,14,15). The van der Waals surface area contributed by atoms with Gasteiger partial charge in [0, 0.05) is 19.3 Å². The fourth-order valence-corrected chi connectivity index (χ4v) is 2.16. The number of piperidine rings is 1. The van der Waals surface area contributed by atoms with Gasteiger partial charge in [0.15, 0.2) is 0 Å². The predicted octanol–water partition coefficient (Wildman–Crippen LogP) is 1.30. The van der Waals surface area contributed by atoms with Crippen LogP contribution >= 0.6 is 11.6 Å². The summed E-state index contributed by atoms with van der Waals surface area (Å²) in [6.45, 7) is 2.82. The fourth-order valence-electron chi connectivity index (χ4n) is 1.98. The maximum Gasteiger partial charge on any atom is 0.255 e. The van der Waals surface area contributed by atoms with Crippen molar-refractivity contribution in [3.63, 3.8) is 0 Å². The second-order valence-electron chi connectivity index (χ2n) is 4.88. The number of nitrogen functional groups attached to an aromatic ring is 1. The molecule has 1 saturated heterocycles. The Labute approximate surface area is 111 Å². The maximum absolute atomic E-state index is 12.3. The lowest BCUT2D eigenvalue weighted by molar-refractivity contribution is -0.00202. The highest BCUT2D eigenvalue weighted by Crippen LogP contribution is 2.24. The van der Waals surface area contributed by atoms with E-state index in [1.807, 2.05) is 0 Å². The third-order valence-electron chi connectivity index (χ3n) is 3.23. The number of anilines is 1. The van der Waals surface area contributed by atoms with Gasteiger partial charge in [-0.05, 0) is 25.8 Å². The molecule has 0 atom stereocenters. The smallest absolute Gasteiger partial charge is 0.255 e. The van der Waals surface area contributed by atoms with Crippen LogP contribution in [-0.2, 0) is 0 Å². The molecule has 0 radical (unpaired) electrons. The minimum atomic E-state index is -0.683. The lowest BCUT2D eigenvalue weighted by Gasteiger charge is -2.35. The van der Waals surface area contributed by atoms with Gasteiger partial charge in [-0.25, -0.2) is 4.98 Å². The minimum Gasteiger partial charge on any atom is -0.390 e. The Hall–Kier alpha value is -1.33. The number of carbonyl (C=O) groups excluding carboxylic acids is 1. The number of pyridine rings is 1. The van der Waals surface area contributed by atoms with E-state index in [0.29, 0.717) is 36.5 Å². The Morgan fingerprint density at radius 2 is 2.17 bits per heavy atom. The number of hydrogen-bond donors (Lipinski definition) is 2. The summed E-state index contributed by atoms with van der Waals surface area (Å²) in [5.74, 6) is 0.108. The molecule has 0 spiro atoms. The first-order valence-electron chi connectivity index (χ1n) is 5.82. The average Bonchev–Trinajstić information content (AvgIpc) is 2.31. The van der Waals surface area contributed by atoms with E-state index < -0.39 is 5.60 Å². The number of carbonyl (C=O) groups is 1. The van der Waals surface area contributed by atoms with Crippen molar-refractivity contribution in [3.8, 4) is 0 Å². The van der Waals surface area contributed by atoms with E-state index in [4.69, 9.17) is 17.3 Å². The topological polar surface area (TPSA) is 79.5 Å². The number of halogens is 1. The van der Waals surface area contributed by atoms with Crippen LogP contribution in [0.4, 0.5) is 5.82 Å². The highest BCUT2D eigenvalue weighted by molar-refractivity contribution is 6.33. The molecule has 1 aromatic heterocycles. The molecule has 0 aromatic carbocycles. The van der Waals surface area contributed by atoms with E-state index in [1.54, 1.807) is 11.8 Å². The van der Waals surface area contributed by atoms with Gasteiger partial charge < -0.3 is 15.7 Å². The van der Waals surface area contributed by atoms with Crippen LogP contribution in [-0.4, -0.2) is 39.6 Å². The molecule has 5 nitrogen and oxygen atoms in total. The van der Waals surface area contributed by atoms with E-state index in [9.17, 15) is 9.90 Å². The summed E-state index contributed by atoms with van der Waals surface area (Å²) >= 11 is 5.95. The Morgan fingerprint density at radius 3 is 2.78 bits per heavy atom. The van der Waals surface area contributed by atoms with Gasteiger partial charge in [0.1, 0.15) is 5.82 Å². The molecular weight excluding hydrogens is 254 g/mol. The van der Waals surface area contributed by atoms with Crippen LogP contribution < -0.4 is 5.73 Å². The molecule has 2 heterocycles. The molecule has 1 amide bonds. The van der Waals surface area contributed by atoms with Gasteiger partial charge in [-0.15, -0.1) is 0 Å². The van der Waals surface area contributed by atoms with Crippen LogP contribution in [0.1, 0.15) is 30.1 Å². The quantitative estimate of drug-likeness (QED) is 0.805. The molecule has 2 rings (SSSR count). The Bertz CT molecular complexity index is 466. The molecule has 0 unspecified atom stereocenters. The molecule has 0 aliphatic carbocycles. The van der Waals surface area contributed by atoms with Crippen LogP contribution in [0.2, 0.25) is 5.02 Å². The summed E-state index contributed by atoms with van der Waals surface area (Å²) < 4.78 is 0. The summed E-state index contributed by atoms with van der Waals surface area (Å²) in [6.07, 6.45) is 2.51. The Balaban J connectivity index is 2.15. The van der Waals surface area contributed by atoms with Crippen LogP contribution in [0.5, 0.6) is 0 Å². The van der Waals surface area contributed by atoms with Crippen molar-refractivity contribution in [3.05, 3.63) is 22.8 Å². The molecule has 0 bridgehead atoms. The van der Waals surface area contributed by atoms with Gasteiger partial charge >= 0.3 is 0 Å². The van der Waals surface area contributed by atoms with E-state index in [2.05, 4.69) is 4.98 Å². The zero-order valence-corrected chi connectivity index (χ0v) is 10.9. The fraction of sp³-hybridized carbons (Fsp3) is 0.500. The molecule has 18 heavy (non-hydrogen) atoms. The monoisotopic (exact) mass is 269 g/mol. The summed E-state index contributed by atoms with van der Waals surface area (Å²) in [4.78, 5) is 17.8. The molecule has 1 fully saturated rings. The van der Waals surface area contributed by atoms with Crippen molar-refractivity contribution in [1.29, 1.82) is 0 Å². The number of amides is 1. The lowest BCUT2D eigenvalue weighted by Crippen LogP contribution is -2.45. The number of aromatic nitrogens is 1. The summed E-state index contributed by atoms with van der Waals surface area (Å²) in [6, 6.07) is 1.48. The third-order valence-corrected chi connectivity index (χ3v) is 3.54. The zero-order valence-electron chi connectivity index (χ0n) is 10.2. The maximum atomic E-state index is 12.3. The SMILES string of the molecule is CC1(O)CCN(C(=O)c2cc(N)ncc2Cl)CC1. The van der Waals surface area contributed by atoms with Gasteiger partial charge in [-0.2, -0.15) is 0 Å². The molecular formula is C12H16ClN3O2. The first-order valence-corrected chi connectivity index (χ1v) is 6.19. The summed E-state index contributed by atoms with van der Waals surface area (Å²) in [7, 11) is 0. The number of nitrogens with zero attached hydrogens (tertiary/aromatic N) is 2. The minimum absolute atomic E-state index is 0.162. The molecule has 3 N–H and O–H groups in total. The average molecular weight is 270 g/mol. The van der Waals surface area contributed by atoms with Crippen molar-refractivity contribution < 1.29 is 9.90 Å². The molecule has 98 valence electrons. The van der Waals surface area contributed by atoms with Crippen molar-refractivity contribution in [2.75, 3.05) is 18.8 Å². The summed E-state index contributed by atoms with van der Waals surface area (Å²) in [5, 5.41) is 10.1. The first-order chi connectivity index (χ1) is 8.39. The number of nitrogens with two attached hydrogens (primary N) is 1. The highest BCUT2D eigenvalue weighted by Gasteiger charge is 2.30. The van der Waals surface area contributed by atoms with E-state index in [1.165, 1.54) is 12.3 Å². The van der Waals surface area contributed by atoms with Crippen LogP contribution in [0.25, 0.3) is 0 Å². The van der Waals surface area contributed by atoms with Crippen LogP contribution in [0.15, 0.2) is 12.3 Å². The van der Waals surface area contributed by atoms with Gasteiger partial charge in [0.05, 0.1) is 16.2 Å². The highest BCUT2D eigenvalue weighted by atomic mass is 35.5. The van der Waals surface area contributed by atoms with Gasteiger partial charge in [-0.1, -0.05) is 11.6 Å². The van der Waals surface area contributed by atoms with Gasteiger partial charge in [0.2, 0.25) is 0 Å². The van der Waals surface area contributed by atoms with E-state index >= 15 is 0 Å². The molecule has 1 aliphatic rings. The largest absolute Gasteiger partial charge is 0.390 e. The van der Waals surface area contributed by atoms with E-state index in [0.717, 1.165) is 0 Å². The first kappa shape index (κ1) is 13.1. The number of aliphatic hydroxyl groups is 1. The molecule has 0 saturated carbocycles. The van der Waals surface area contributed by atoms with E-state index in [-0.39, 0.29) is 11.7 Å². The van der Waals surface area contributed by atoms with Gasteiger partial charge in [-0.3, -0.25) is 4.79 Å². The van der Waals surface area contributed by atoms with Crippen LogP contribution in [0, 0.1) is 0 Å². The molecule has 1 aromatic rings. The molecule has 6 heteroatoms. The van der Waals surface area contributed by atoms with Gasteiger partial charge in [0.25, 0.3) is 5.91 Å². The summed E-state index contributed by atoms with van der Waals surface area (Å²) in [5.41, 5.74) is 5.24. The van der Waals surface area contributed by atoms with Crippen molar-refractivity contribution in [2.45, 2.75) is 25.4 Å². The number of likely N-dealkylation sites (tertiary alicyclic amines) is 1. The Morgan fingerprint density at radius 1 is 1.56 bits per heavy atom. The molecule has 1 aliphatic heterocycles. The third kappa shape index (κ3) is 2.73. The normalized spacial score (nSPS) is 18.7. The predicted molar refractivity (Wildman–Crippen MR) is 69.4 cm³/mol.